The standard InChI is InChI=1S/C14H21NO/c1-10-6-8-11(9-7-10)14(16)12-4-2-3-5-13(12)15/h6-9,12-14,16H,2-5,15H2,1H3. The normalized spacial score (nSPS) is 27.7. The molecular weight excluding hydrogens is 198 g/mol. The lowest BCUT2D eigenvalue weighted by atomic mass is 9.79. The largest absolute Gasteiger partial charge is 0.388 e. The summed E-state index contributed by atoms with van der Waals surface area (Å²) in [6.07, 6.45) is 4.11. The molecule has 0 heterocycles. The van der Waals surface area contributed by atoms with Gasteiger partial charge >= 0.3 is 0 Å². The molecule has 2 rings (SSSR count). The third-order valence-corrected chi connectivity index (χ3v) is 3.70. The second-order valence-electron chi connectivity index (χ2n) is 4.97. The molecule has 88 valence electrons. The van der Waals surface area contributed by atoms with Crippen LogP contribution < -0.4 is 5.73 Å². The van der Waals surface area contributed by atoms with Crippen molar-refractivity contribution >= 4 is 0 Å². The molecule has 1 aliphatic rings. The van der Waals surface area contributed by atoms with Crippen LogP contribution in [0.3, 0.4) is 0 Å². The molecule has 2 heteroatoms. The Hall–Kier alpha value is -0.860. The third kappa shape index (κ3) is 2.45. The van der Waals surface area contributed by atoms with Gasteiger partial charge in [0.1, 0.15) is 0 Å². The fourth-order valence-corrected chi connectivity index (χ4v) is 2.59. The number of nitrogens with two attached hydrogens (primary N) is 1. The average molecular weight is 219 g/mol. The van der Waals surface area contributed by atoms with Crippen LogP contribution in [0.4, 0.5) is 0 Å². The van der Waals surface area contributed by atoms with Crippen molar-refractivity contribution in [2.75, 3.05) is 0 Å². The van der Waals surface area contributed by atoms with Crippen LogP contribution in [0.5, 0.6) is 0 Å². The van der Waals surface area contributed by atoms with Gasteiger partial charge in [0.15, 0.2) is 0 Å². The lowest BCUT2D eigenvalue weighted by molar-refractivity contribution is 0.0722. The van der Waals surface area contributed by atoms with Crippen molar-refractivity contribution in [3.8, 4) is 0 Å². The minimum atomic E-state index is -0.393. The maximum Gasteiger partial charge on any atom is 0.0832 e. The molecule has 3 N–H and O–H groups in total. The molecule has 0 spiro atoms. The molecule has 0 aromatic heterocycles. The minimum absolute atomic E-state index is 0.157. The van der Waals surface area contributed by atoms with Crippen LogP contribution >= 0.6 is 0 Å². The van der Waals surface area contributed by atoms with E-state index in [9.17, 15) is 5.11 Å². The second-order valence-corrected chi connectivity index (χ2v) is 4.97. The van der Waals surface area contributed by atoms with Gasteiger partial charge in [-0.2, -0.15) is 0 Å². The Kier molecular flexibility index (Phi) is 3.62. The molecule has 0 bridgehead atoms. The molecule has 0 saturated heterocycles. The number of benzene rings is 1. The first-order valence-electron chi connectivity index (χ1n) is 6.18. The molecule has 1 aromatic rings. The van der Waals surface area contributed by atoms with Crippen LogP contribution in [0.15, 0.2) is 24.3 Å². The fraction of sp³-hybridized carbons (Fsp3) is 0.571. The van der Waals surface area contributed by atoms with E-state index in [-0.39, 0.29) is 12.0 Å². The van der Waals surface area contributed by atoms with E-state index >= 15 is 0 Å². The zero-order chi connectivity index (χ0) is 11.5. The van der Waals surface area contributed by atoms with E-state index in [1.54, 1.807) is 0 Å². The first kappa shape index (κ1) is 11.6. The monoisotopic (exact) mass is 219 g/mol. The quantitative estimate of drug-likeness (QED) is 0.803. The lowest BCUT2D eigenvalue weighted by Gasteiger charge is -2.32. The van der Waals surface area contributed by atoms with Crippen LogP contribution in [-0.2, 0) is 0 Å². The molecule has 3 unspecified atom stereocenters. The van der Waals surface area contributed by atoms with Crippen molar-refractivity contribution in [2.24, 2.45) is 11.7 Å². The van der Waals surface area contributed by atoms with E-state index in [0.29, 0.717) is 0 Å². The van der Waals surface area contributed by atoms with Gasteiger partial charge in [0.2, 0.25) is 0 Å². The van der Waals surface area contributed by atoms with Crippen molar-refractivity contribution in [3.63, 3.8) is 0 Å². The molecule has 16 heavy (non-hydrogen) atoms. The Morgan fingerprint density at radius 2 is 1.81 bits per heavy atom. The summed E-state index contributed by atoms with van der Waals surface area (Å²) in [6, 6.07) is 8.28. The average Bonchev–Trinajstić information content (AvgIpc) is 2.30. The number of rotatable bonds is 2. The molecule has 1 saturated carbocycles. The number of aliphatic hydroxyl groups is 1. The van der Waals surface area contributed by atoms with Crippen LogP contribution in [0.2, 0.25) is 0 Å². The molecule has 1 fully saturated rings. The number of hydrogen-bond acceptors (Lipinski definition) is 2. The van der Waals surface area contributed by atoms with Crippen molar-refractivity contribution in [1.82, 2.24) is 0 Å². The lowest BCUT2D eigenvalue weighted by Crippen LogP contribution is -2.36. The van der Waals surface area contributed by atoms with Crippen molar-refractivity contribution < 1.29 is 5.11 Å². The summed E-state index contributed by atoms with van der Waals surface area (Å²) in [4.78, 5) is 0. The summed E-state index contributed by atoms with van der Waals surface area (Å²) < 4.78 is 0. The van der Waals surface area contributed by atoms with Gasteiger partial charge in [-0.15, -0.1) is 0 Å². The SMILES string of the molecule is Cc1ccc(C(O)C2CCCCC2N)cc1. The van der Waals surface area contributed by atoms with Gasteiger partial charge in [-0.25, -0.2) is 0 Å². The molecule has 1 aliphatic carbocycles. The number of hydrogen-bond donors (Lipinski definition) is 2. The Labute approximate surface area is 97.5 Å². The summed E-state index contributed by atoms with van der Waals surface area (Å²) >= 11 is 0. The summed E-state index contributed by atoms with van der Waals surface area (Å²) in [6.45, 7) is 2.06. The molecular formula is C14H21NO. The van der Waals surface area contributed by atoms with Gasteiger partial charge in [-0.1, -0.05) is 42.7 Å². The van der Waals surface area contributed by atoms with Gasteiger partial charge in [-0.05, 0) is 25.3 Å². The summed E-state index contributed by atoms with van der Waals surface area (Å²) in [7, 11) is 0. The smallest absolute Gasteiger partial charge is 0.0832 e. The van der Waals surface area contributed by atoms with E-state index in [2.05, 4.69) is 6.92 Å². The first-order valence-corrected chi connectivity index (χ1v) is 6.18. The maximum atomic E-state index is 10.3. The van der Waals surface area contributed by atoms with Crippen molar-refractivity contribution in [2.45, 2.75) is 44.8 Å². The van der Waals surface area contributed by atoms with Crippen molar-refractivity contribution in [3.05, 3.63) is 35.4 Å². The maximum absolute atomic E-state index is 10.3. The Morgan fingerprint density at radius 3 is 2.44 bits per heavy atom. The minimum Gasteiger partial charge on any atom is -0.388 e. The predicted molar refractivity (Wildman–Crippen MR) is 66.1 cm³/mol. The highest BCUT2D eigenvalue weighted by Crippen LogP contribution is 2.33. The van der Waals surface area contributed by atoms with Gasteiger partial charge in [-0.3, -0.25) is 0 Å². The van der Waals surface area contributed by atoms with Gasteiger partial charge in [0, 0.05) is 12.0 Å². The van der Waals surface area contributed by atoms with Crippen LogP contribution in [0, 0.1) is 12.8 Å². The highest BCUT2D eigenvalue weighted by Gasteiger charge is 2.29. The topological polar surface area (TPSA) is 46.2 Å². The first-order chi connectivity index (χ1) is 7.68. The van der Waals surface area contributed by atoms with Crippen LogP contribution in [0.1, 0.15) is 42.9 Å². The van der Waals surface area contributed by atoms with E-state index in [1.165, 1.54) is 18.4 Å². The summed E-state index contributed by atoms with van der Waals surface area (Å²) in [5.41, 5.74) is 8.32. The summed E-state index contributed by atoms with van der Waals surface area (Å²) in [5.74, 6) is 0.233. The van der Waals surface area contributed by atoms with E-state index in [0.717, 1.165) is 18.4 Å². The van der Waals surface area contributed by atoms with Crippen LogP contribution in [0.25, 0.3) is 0 Å². The Bertz CT molecular complexity index is 333. The molecule has 0 amide bonds. The molecule has 2 nitrogen and oxygen atoms in total. The molecule has 0 aliphatic heterocycles. The highest BCUT2D eigenvalue weighted by molar-refractivity contribution is 5.23. The van der Waals surface area contributed by atoms with E-state index < -0.39 is 6.10 Å². The van der Waals surface area contributed by atoms with Gasteiger partial charge in [0.05, 0.1) is 6.10 Å². The van der Waals surface area contributed by atoms with Gasteiger partial charge in [0.25, 0.3) is 0 Å². The van der Waals surface area contributed by atoms with Gasteiger partial charge < -0.3 is 10.8 Å². The molecule has 1 aromatic carbocycles. The zero-order valence-electron chi connectivity index (χ0n) is 9.89. The molecule has 3 atom stereocenters. The summed E-state index contributed by atoms with van der Waals surface area (Å²) in [5, 5.41) is 10.3. The zero-order valence-corrected chi connectivity index (χ0v) is 9.89. The fourth-order valence-electron chi connectivity index (χ4n) is 2.59. The van der Waals surface area contributed by atoms with E-state index in [4.69, 9.17) is 5.73 Å². The predicted octanol–water partition coefficient (Wildman–Crippen LogP) is 2.55. The highest BCUT2D eigenvalue weighted by atomic mass is 16.3. The third-order valence-electron chi connectivity index (χ3n) is 3.70. The number of aliphatic hydroxyl groups excluding tert-OH is 1. The van der Waals surface area contributed by atoms with Crippen molar-refractivity contribution in [1.29, 1.82) is 0 Å². The van der Waals surface area contributed by atoms with Crippen LogP contribution in [-0.4, -0.2) is 11.1 Å². The Morgan fingerprint density at radius 1 is 1.19 bits per heavy atom. The molecule has 0 radical (unpaired) electrons. The Balaban J connectivity index is 2.11. The van der Waals surface area contributed by atoms with E-state index in [1.807, 2.05) is 24.3 Å². The second kappa shape index (κ2) is 4.98. The number of aryl methyl sites for hydroxylation is 1.